The van der Waals surface area contributed by atoms with Crippen LogP contribution in [-0.2, 0) is 4.79 Å². The maximum Gasteiger partial charge on any atom is 0.246 e. The highest BCUT2D eigenvalue weighted by atomic mass is 35.5. The van der Waals surface area contributed by atoms with Gasteiger partial charge in [0, 0.05) is 37.3 Å². The monoisotopic (exact) mass is 417 g/mol. The predicted octanol–water partition coefficient (Wildman–Crippen LogP) is 4.97. The van der Waals surface area contributed by atoms with Crippen LogP contribution in [0.4, 0.5) is 5.13 Å². The van der Waals surface area contributed by atoms with Gasteiger partial charge in [-0.2, -0.15) is 0 Å². The van der Waals surface area contributed by atoms with Crippen molar-refractivity contribution in [3.63, 3.8) is 0 Å². The number of anilines is 1. The van der Waals surface area contributed by atoms with E-state index in [9.17, 15) is 4.79 Å². The van der Waals surface area contributed by atoms with Crippen LogP contribution in [0, 0.1) is 0 Å². The zero-order valence-electron chi connectivity index (χ0n) is 14.4. The minimum atomic E-state index is 0.00177. The van der Waals surface area contributed by atoms with Crippen molar-refractivity contribution in [3.05, 3.63) is 64.1 Å². The summed E-state index contributed by atoms with van der Waals surface area (Å²) in [7, 11) is 0. The standard InChI is InChI=1S/C20H17Cl2N3OS/c21-15-5-2-1-4-14(15)8-9-18(26)24-10-12-25(13-11-24)20-23-19-16(22)6-3-7-17(19)27-20/h1-9H,10-13H2/b9-8+. The molecule has 1 aliphatic heterocycles. The number of benzene rings is 2. The van der Waals surface area contributed by atoms with Gasteiger partial charge in [-0.05, 0) is 29.8 Å². The molecule has 0 radical (unpaired) electrons. The quantitative estimate of drug-likeness (QED) is 0.564. The Morgan fingerprint density at radius 3 is 2.48 bits per heavy atom. The molecule has 1 saturated heterocycles. The molecule has 7 heteroatoms. The minimum Gasteiger partial charge on any atom is -0.345 e. The Hall–Kier alpha value is -2.08. The highest BCUT2D eigenvalue weighted by Crippen LogP contribution is 2.33. The number of thiazole rings is 1. The van der Waals surface area contributed by atoms with Gasteiger partial charge in [-0.15, -0.1) is 0 Å². The molecule has 0 aliphatic carbocycles. The summed E-state index contributed by atoms with van der Waals surface area (Å²) in [5, 5.41) is 2.27. The van der Waals surface area contributed by atoms with Gasteiger partial charge in [-0.1, -0.05) is 58.8 Å². The number of nitrogens with zero attached hydrogens (tertiary/aromatic N) is 3. The summed E-state index contributed by atoms with van der Waals surface area (Å²) in [5.41, 5.74) is 1.69. The van der Waals surface area contributed by atoms with E-state index in [2.05, 4.69) is 9.88 Å². The molecule has 0 spiro atoms. The molecule has 0 saturated carbocycles. The van der Waals surface area contributed by atoms with Crippen molar-refractivity contribution >= 4 is 61.9 Å². The van der Waals surface area contributed by atoms with Gasteiger partial charge in [0.05, 0.1) is 9.72 Å². The van der Waals surface area contributed by atoms with Crippen molar-refractivity contribution in [2.45, 2.75) is 0 Å². The summed E-state index contributed by atoms with van der Waals surface area (Å²) in [5.74, 6) is 0.00177. The van der Waals surface area contributed by atoms with E-state index in [1.807, 2.05) is 47.4 Å². The average Bonchev–Trinajstić information content (AvgIpc) is 3.13. The second-order valence-electron chi connectivity index (χ2n) is 6.25. The molecule has 2 aromatic carbocycles. The Kier molecular flexibility index (Phi) is 5.34. The van der Waals surface area contributed by atoms with Crippen molar-refractivity contribution in [2.75, 3.05) is 31.1 Å². The molecule has 0 atom stereocenters. The summed E-state index contributed by atoms with van der Waals surface area (Å²) in [6.45, 7) is 2.83. The largest absolute Gasteiger partial charge is 0.345 e. The third kappa shape index (κ3) is 3.95. The Morgan fingerprint density at radius 1 is 1.00 bits per heavy atom. The Balaban J connectivity index is 1.40. The summed E-state index contributed by atoms with van der Waals surface area (Å²) in [6.07, 6.45) is 3.36. The van der Waals surface area contributed by atoms with Crippen molar-refractivity contribution < 1.29 is 4.79 Å². The van der Waals surface area contributed by atoms with Gasteiger partial charge in [0.2, 0.25) is 5.91 Å². The van der Waals surface area contributed by atoms with E-state index in [4.69, 9.17) is 23.2 Å². The second kappa shape index (κ2) is 7.89. The first-order valence-corrected chi connectivity index (χ1v) is 10.2. The van der Waals surface area contributed by atoms with Crippen LogP contribution < -0.4 is 4.90 Å². The number of piperazine rings is 1. The maximum absolute atomic E-state index is 12.5. The molecule has 27 heavy (non-hydrogen) atoms. The zero-order chi connectivity index (χ0) is 18.8. The van der Waals surface area contributed by atoms with Crippen LogP contribution >= 0.6 is 34.5 Å². The van der Waals surface area contributed by atoms with Crippen LogP contribution in [0.25, 0.3) is 16.3 Å². The summed E-state index contributed by atoms with van der Waals surface area (Å²) in [6, 6.07) is 13.3. The number of amides is 1. The number of para-hydroxylation sites is 1. The van der Waals surface area contributed by atoms with Gasteiger partial charge in [0.15, 0.2) is 5.13 Å². The smallest absolute Gasteiger partial charge is 0.246 e. The fourth-order valence-electron chi connectivity index (χ4n) is 3.03. The molecular weight excluding hydrogens is 401 g/mol. The number of aromatic nitrogens is 1. The molecule has 1 aliphatic rings. The van der Waals surface area contributed by atoms with E-state index in [1.165, 1.54) is 0 Å². The zero-order valence-corrected chi connectivity index (χ0v) is 16.8. The highest BCUT2D eigenvalue weighted by molar-refractivity contribution is 7.22. The first-order valence-electron chi connectivity index (χ1n) is 8.63. The first kappa shape index (κ1) is 18.3. The number of fused-ring (bicyclic) bond motifs is 1. The molecule has 1 aromatic heterocycles. The molecule has 0 unspecified atom stereocenters. The molecule has 0 bridgehead atoms. The van der Waals surface area contributed by atoms with Crippen LogP contribution in [0.2, 0.25) is 10.0 Å². The van der Waals surface area contributed by atoms with E-state index in [0.717, 1.165) is 34.0 Å². The summed E-state index contributed by atoms with van der Waals surface area (Å²) in [4.78, 5) is 21.2. The maximum atomic E-state index is 12.5. The van der Waals surface area contributed by atoms with Crippen molar-refractivity contribution in [1.29, 1.82) is 0 Å². The van der Waals surface area contributed by atoms with Gasteiger partial charge >= 0.3 is 0 Å². The normalized spacial score (nSPS) is 15.0. The first-order chi connectivity index (χ1) is 13.1. The van der Waals surface area contributed by atoms with Crippen LogP contribution in [0.1, 0.15) is 5.56 Å². The average molecular weight is 418 g/mol. The lowest BCUT2D eigenvalue weighted by Crippen LogP contribution is -2.48. The molecule has 2 heterocycles. The second-order valence-corrected chi connectivity index (χ2v) is 8.07. The van der Waals surface area contributed by atoms with Gasteiger partial charge in [0.25, 0.3) is 0 Å². The Morgan fingerprint density at radius 2 is 1.74 bits per heavy atom. The third-order valence-electron chi connectivity index (χ3n) is 4.53. The van der Waals surface area contributed by atoms with E-state index in [1.54, 1.807) is 23.5 Å². The van der Waals surface area contributed by atoms with Crippen molar-refractivity contribution in [2.24, 2.45) is 0 Å². The predicted molar refractivity (Wildman–Crippen MR) is 114 cm³/mol. The molecule has 0 N–H and O–H groups in total. The van der Waals surface area contributed by atoms with Crippen molar-refractivity contribution in [3.8, 4) is 0 Å². The van der Waals surface area contributed by atoms with Crippen LogP contribution in [0.5, 0.6) is 0 Å². The lowest BCUT2D eigenvalue weighted by Gasteiger charge is -2.34. The number of hydrogen-bond donors (Lipinski definition) is 0. The molecule has 3 aromatic rings. The van der Waals surface area contributed by atoms with Gasteiger partial charge in [-0.25, -0.2) is 4.98 Å². The number of hydrogen-bond acceptors (Lipinski definition) is 4. The fraction of sp³-hybridized carbons (Fsp3) is 0.200. The fourth-order valence-corrected chi connectivity index (χ4v) is 4.55. The van der Waals surface area contributed by atoms with E-state index < -0.39 is 0 Å². The molecule has 4 nitrogen and oxygen atoms in total. The number of halogens is 2. The summed E-state index contributed by atoms with van der Waals surface area (Å²) < 4.78 is 1.08. The SMILES string of the molecule is O=C(/C=C/c1ccccc1Cl)N1CCN(c2nc3c(Cl)cccc3s2)CC1. The van der Waals surface area contributed by atoms with Gasteiger partial charge in [-0.3, -0.25) is 4.79 Å². The highest BCUT2D eigenvalue weighted by Gasteiger charge is 2.22. The van der Waals surface area contributed by atoms with Crippen molar-refractivity contribution in [1.82, 2.24) is 9.88 Å². The Bertz CT molecular complexity index is 1010. The molecule has 138 valence electrons. The van der Waals surface area contributed by atoms with Crippen LogP contribution in [0.3, 0.4) is 0 Å². The van der Waals surface area contributed by atoms with Gasteiger partial charge in [0.1, 0.15) is 5.52 Å². The van der Waals surface area contributed by atoms with Gasteiger partial charge < -0.3 is 9.80 Å². The van der Waals surface area contributed by atoms with Crippen LogP contribution in [0.15, 0.2) is 48.5 Å². The third-order valence-corrected chi connectivity index (χ3v) is 6.26. The molecule has 1 amide bonds. The van der Waals surface area contributed by atoms with E-state index in [-0.39, 0.29) is 5.91 Å². The topological polar surface area (TPSA) is 36.4 Å². The lowest BCUT2D eigenvalue weighted by molar-refractivity contribution is -0.126. The van der Waals surface area contributed by atoms with E-state index in [0.29, 0.717) is 23.1 Å². The summed E-state index contributed by atoms with van der Waals surface area (Å²) >= 11 is 14.0. The lowest BCUT2D eigenvalue weighted by atomic mass is 10.2. The minimum absolute atomic E-state index is 0.00177. The number of rotatable bonds is 3. The number of carbonyl (C=O) groups is 1. The Labute approximate surface area is 171 Å². The molecule has 1 fully saturated rings. The molecular formula is C20H17Cl2N3OS. The van der Waals surface area contributed by atoms with Crippen LogP contribution in [-0.4, -0.2) is 42.0 Å². The number of carbonyl (C=O) groups excluding carboxylic acids is 1. The van der Waals surface area contributed by atoms with E-state index >= 15 is 0 Å². The molecule has 4 rings (SSSR count).